The Hall–Kier alpha value is -3.65. The second kappa shape index (κ2) is 9.43. The average molecular weight is 488 g/mol. The van der Waals surface area contributed by atoms with Crippen LogP contribution in [-0.2, 0) is 0 Å². The van der Waals surface area contributed by atoms with E-state index in [1.165, 1.54) is 6.07 Å². The SMILES string of the molecule is COc1cc(N2CCN(C3CCN(c4c(O)cc(F)c5cccnc45)CC3)CC2)c2ncccc2c1. The largest absolute Gasteiger partial charge is 0.506 e. The number of piperidine rings is 1. The van der Waals surface area contributed by atoms with Gasteiger partial charge in [-0.1, -0.05) is 6.07 Å². The fourth-order valence-corrected chi connectivity index (χ4v) is 5.77. The van der Waals surface area contributed by atoms with Crippen molar-refractivity contribution >= 4 is 33.2 Å². The molecule has 6 rings (SSSR count). The highest BCUT2D eigenvalue weighted by Crippen LogP contribution is 2.38. The Morgan fingerprint density at radius 2 is 1.61 bits per heavy atom. The highest BCUT2D eigenvalue weighted by molar-refractivity contribution is 5.95. The molecule has 0 aliphatic carbocycles. The molecule has 1 N–H and O–H groups in total. The van der Waals surface area contributed by atoms with Crippen LogP contribution in [0, 0.1) is 5.82 Å². The van der Waals surface area contributed by atoms with Crippen LogP contribution >= 0.6 is 0 Å². The molecule has 2 fully saturated rings. The van der Waals surface area contributed by atoms with Gasteiger partial charge in [0.25, 0.3) is 0 Å². The lowest BCUT2D eigenvalue weighted by Crippen LogP contribution is -2.53. The van der Waals surface area contributed by atoms with Crippen LogP contribution < -0.4 is 14.5 Å². The van der Waals surface area contributed by atoms with Gasteiger partial charge in [0.15, 0.2) is 0 Å². The Kier molecular flexibility index (Phi) is 5.97. The molecule has 186 valence electrons. The molecule has 0 atom stereocenters. The van der Waals surface area contributed by atoms with Crippen molar-refractivity contribution in [1.29, 1.82) is 0 Å². The fourth-order valence-electron chi connectivity index (χ4n) is 5.77. The summed E-state index contributed by atoms with van der Waals surface area (Å²) in [5.41, 5.74) is 3.32. The average Bonchev–Trinajstić information content (AvgIpc) is 2.93. The predicted octanol–water partition coefficient (Wildman–Crippen LogP) is 4.43. The first-order valence-electron chi connectivity index (χ1n) is 12.6. The maximum absolute atomic E-state index is 14.3. The minimum Gasteiger partial charge on any atom is -0.506 e. The monoisotopic (exact) mass is 487 g/mol. The molecule has 36 heavy (non-hydrogen) atoms. The van der Waals surface area contributed by atoms with Crippen molar-refractivity contribution in [3.05, 3.63) is 60.7 Å². The van der Waals surface area contributed by atoms with E-state index in [2.05, 4.69) is 36.8 Å². The summed E-state index contributed by atoms with van der Waals surface area (Å²) >= 11 is 0. The zero-order chi connectivity index (χ0) is 24.6. The lowest BCUT2D eigenvalue weighted by molar-refractivity contribution is 0.160. The number of hydrogen-bond acceptors (Lipinski definition) is 7. The van der Waals surface area contributed by atoms with E-state index in [0.717, 1.165) is 74.5 Å². The number of phenolic OH excluding ortho intramolecular Hbond substituents is 1. The minimum absolute atomic E-state index is 0.0371. The first kappa shape index (κ1) is 22.8. The molecule has 2 aliphatic heterocycles. The van der Waals surface area contributed by atoms with Crippen molar-refractivity contribution in [2.75, 3.05) is 56.2 Å². The summed E-state index contributed by atoms with van der Waals surface area (Å²) in [7, 11) is 1.70. The van der Waals surface area contributed by atoms with Gasteiger partial charge in [-0.2, -0.15) is 0 Å². The van der Waals surface area contributed by atoms with Gasteiger partial charge in [-0.15, -0.1) is 0 Å². The molecule has 4 aromatic rings. The molecule has 2 aromatic carbocycles. The van der Waals surface area contributed by atoms with E-state index in [0.29, 0.717) is 22.6 Å². The Bertz CT molecular complexity index is 1400. The number of aromatic nitrogens is 2. The summed E-state index contributed by atoms with van der Waals surface area (Å²) in [6, 6.07) is 13.3. The summed E-state index contributed by atoms with van der Waals surface area (Å²) in [4.78, 5) is 16.2. The van der Waals surface area contributed by atoms with Gasteiger partial charge < -0.3 is 19.6 Å². The van der Waals surface area contributed by atoms with E-state index in [1.807, 2.05) is 18.3 Å². The van der Waals surface area contributed by atoms with Gasteiger partial charge in [-0.05, 0) is 37.1 Å². The summed E-state index contributed by atoms with van der Waals surface area (Å²) in [6.07, 6.45) is 5.49. The molecule has 2 aromatic heterocycles. The molecule has 2 aliphatic rings. The first-order valence-corrected chi connectivity index (χ1v) is 12.6. The number of rotatable bonds is 4. The summed E-state index contributed by atoms with van der Waals surface area (Å²) in [5, 5.41) is 12.1. The molecule has 0 amide bonds. The summed E-state index contributed by atoms with van der Waals surface area (Å²) in [5.74, 6) is 0.377. The van der Waals surface area contributed by atoms with Crippen molar-refractivity contribution in [3.8, 4) is 11.5 Å². The smallest absolute Gasteiger partial charge is 0.144 e. The van der Waals surface area contributed by atoms with Gasteiger partial charge in [0, 0.05) is 80.6 Å². The lowest BCUT2D eigenvalue weighted by Gasteiger charge is -2.44. The van der Waals surface area contributed by atoms with Crippen LogP contribution in [-0.4, -0.2) is 72.4 Å². The maximum Gasteiger partial charge on any atom is 0.144 e. The van der Waals surface area contributed by atoms with E-state index in [1.54, 1.807) is 25.4 Å². The van der Waals surface area contributed by atoms with Crippen LogP contribution in [0.1, 0.15) is 12.8 Å². The third-order valence-corrected chi connectivity index (χ3v) is 7.64. The molecule has 0 bridgehead atoms. The number of piperazine rings is 1. The Balaban J connectivity index is 1.13. The van der Waals surface area contributed by atoms with Crippen LogP contribution in [0.3, 0.4) is 0 Å². The van der Waals surface area contributed by atoms with Crippen molar-refractivity contribution in [1.82, 2.24) is 14.9 Å². The predicted molar refractivity (Wildman–Crippen MR) is 141 cm³/mol. The van der Waals surface area contributed by atoms with Crippen LogP contribution in [0.4, 0.5) is 15.8 Å². The van der Waals surface area contributed by atoms with Crippen LogP contribution in [0.5, 0.6) is 11.5 Å². The number of pyridine rings is 2. The van der Waals surface area contributed by atoms with E-state index < -0.39 is 5.82 Å². The van der Waals surface area contributed by atoms with Gasteiger partial charge in [-0.3, -0.25) is 14.9 Å². The van der Waals surface area contributed by atoms with Gasteiger partial charge in [0.2, 0.25) is 0 Å². The molecule has 0 radical (unpaired) electrons. The van der Waals surface area contributed by atoms with E-state index in [-0.39, 0.29) is 5.75 Å². The second-order valence-electron chi connectivity index (χ2n) is 9.59. The van der Waals surface area contributed by atoms with Gasteiger partial charge in [0.05, 0.1) is 18.3 Å². The molecular weight excluding hydrogens is 457 g/mol. The normalized spacial score (nSPS) is 17.7. The maximum atomic E-state index is 14.3. The van der Waals surface area contributed by atoms with Gasteiger partial charge in [-0.25, -0.2) is 4.39 Å². The molecule has 0 spiro atoms. The van der Waals surface area contributed by atoms with Crippen LogP contribution in [0.25, 0.3) is 21.8 Å². The first-order chi connectivity index (χ1) is 17.6. The van der Waals surface area contributed by atoms with Crippen molar-refractivity contribution in [2.45, 2.75) is 18.9 Å². The molecule has 4 heterocycles. The number of hydrogen-bond donors (Lipinski definition) is 1. The number of methoxy groups -OCH3 is 1. The molecular formula is C28H30FN5O2. The molecule has 0 saturated carbocycles. The number of ether oxygens (including phenoxy) is 1. The standard InChI is InChI=1S/C28H30FN5O2/c1-36-21-16-19-4-2-8-30-26(19)24(17-21)33-14-12-32(13-15-33)20-6-10-34(11-7-20)28-25(35)18-23(29)22-5-3-9-31-27(22)28/h2-5,8-9,16-18,20,35H,6-7,10-15H2,1H3. The molecule has 2 saturated heterocycles. The fraction of sp³-hybridized carbons (Fsp3) is 0.357. The number of phenols is 1. The number of aromatic hydroxyl groups is 1. The Morgan fingerprint density at radius 3 is 2.36 bits per heavy atom. The Labute approximate surface area is 209 Å². The highest BCUT2D eigenvalue weighted by Gasteiger charge is 2.30. The second-order valence-corrected chi connectivity index (χ2v) is 9.59. The third kappa shape index (κ3) is 4.05. The van der Waals surface area contributed by atoms with Gasteiger partial charge >= 0.3 is 0 Å². The van der Waals surface area contributed by atoms with Gasteiger partial charge in [0.1, 0.15) is 28.5 Å². The van der Waals surface area contributed by atoms with Crippen molar-refractivity contribution in [3.63, 3.8) is 0 Å². The van der Waals surface area contributed by atoms with Crippen LogP contribution in [0.2, 0.25) is 0 Å². The topological polar surface area (TPSA) is 65.0 Å². The quantitative estimate of drug-likeness (QED) is 0.457. The zero-order valence-electron chi connectivity index (χ0n) is 20.4. The Morgan fingerprint density at radius 1 is 0.889 bits per heavy atom. The minimum atomic E-state index is -0.439. The van der Waals surface area contributed by atoms with Crippen LogP contribution in [0.15, 0.2) is 54.9 Å². The lowest BCUT2D eigenvalue weighted by atomic mass is 10.0. The van der Waals surface area contributed by atoms with E-state index in [9.17, 15) is 9.50 Å². The molecule has 0 unspecified atom stereocenters. The number of benzene rings is 2. The molecule has 8 heteroatoms. The number of halogens is 1. The molecule has 7 nitrogen and oxygen atoms in total. The summed E-state index contributed by atoms with van der Waals surface area (Å²) in [6.45, 7) is 5.46. The third-order valence-electron chi connectivity index (χ3n) is 7.64. The summed E-state index contributed by atoms with van der Waals surface area (Å²) < 4.78 is 19.9. The zero-order valence-corrected chi connectivity index (χ0v) is 20.4. The van der Waals surface area contributed by atoms with Crippen molar-refractivity contribution < 1.29 is 14.2 Å². The number of nitrogens with zero attached hydrogens (tertiary/aromatic N) is 5. The van der Waals surface area contributed by atoms with E-state index in [4.69, 9.17) is 4.74 Å². The number of anilines is 2. The van der Waals surface area contributed by atoms with Crippen molar-refractivity contribution in [2.24, 2.45) is 0 Å². The van der Waals surface area contributed by atoms with E-state index >= 15 is 0 Å². The highest BCUT2D eigenvalue weighted by atomic mass is 19.1. The number of fused-ring (bicyclic) bond motifs is 2.